The first-order valence-electron chi connectivity index (χ1n) is 8.60. The molecule has 0 atom stereocenters. The van der Waals surface area contributed by atoms with Gasteiger partial charge in [-0.1, -0.05) is 30.3 Å². The maximum absolute atomic E-state index is 12.2. The first-order chi connectivity index (χ1) is 13.2. The molecule has 7 nitrogen and oxygen atoms in total. The van der Waals surface area contributed by atoms with Crippen LogP contribution in [-0.4, -0.2) is 31.6 Å². The largest absolute Gasteiger partial charge is 0.493 e. The molecule has 4 aromatic rings. The third-order valence-corrected chi connectivity index (χ3v) is 4.30. The van der Waals surface area contributed by atoms with E-state index in [4.69, 9.17) is 4.74 Å². The molecule has 2 heterocycles. The number of aromatic nitrogens is 4. The fourth-order valence-corrected chi connectivity index (χ4v) is 2.95. The van der Waals surface area contributed by atoms with E-state index in [-0.39, 0.29) is 17.7 Å². The number of imidazole rings is 1. The minimum absolute atomic E-state index is 0.0124. The van der Waals surface area contributed by atoms with Gasteiger partial charge in [0.15, 0.2) is 11.2 Å². The van der Waals surface area contributed by atoms with E-state index >= 15 is 0 Å². The summed E-state index contributed by atoms with van der Waals surface area (Å²) in [6.07, 6.45) is 1.44. The van der Waals surface area contributed by atoms with Crippen LogP contribution in [0.5, 0.6) is 5.75 Å². The van der Waals surface area contributed by atoms with E-state index in [2.05, 4.69) is 19.9 Å². The quantitative estimate of drug-likeness (QED) is 0.506. The summed E-state index contributed by atoms with van der Waals surface area (Å²) in [6, 6.07) is 13.4. The Bertz CT molecular complexity index is 1150. The van der Waals surface area contributed by atoms with Crippen molar-refractivity contribution in [2.24, 2.45) is 0 Å². The number of fused-ring (bicyclic) bond motifs is 1. The van der Waals surface area contributed by atoms with Crippen LogP contribution in [0.2, 0.25) is 0 Å². The van der Waals surface area contributed by atoms with Crippen LogP contribution in [0.25, 0.3) is 33.7 Å². The first-order valence-corrected chi connectivity index (χ1v) is 8.60. The molecule has 0 fully saturated rings. The highest BCUT2D eigenvalue weighted by atomic mass is 16.5. The molecule has 0 saturated heterocycles. The van der Waals surface area contributed by atoms with Gasteiger partial charge in [-0.05, 0) is 35.7 Å². The normalized spacial score (nSPS) is 11.0. The number of aliphatic hydroxyl groups excluding tert-OH is 1. The van der Waals surface area contributed by atoms with Gasteiger partial charge in [-0.15, -0.1) is 0 Å². The lowest BCUT2D eigenvalue weighted by Gasteiger charge is -2.12. The number of aromatic amines is 2. The molecule has 2 aromatic carbocycles. The molecule has 0 spiro atoms. The number of nitrogens with one attached hydrogen (secondary N) is 2. The zero-order valence-corrected chi connectivity index (χ0v) is 14.7. The molecular formula is C20H18N4O3. The van der Waals surface area contributed by atoms with Crippen molar-refractivity contribution in [2.45, 2.75) is 13.5 Å². The number of hydrogen-bond donors (Lipinski definition) is 3. The van der Waals surface area contributed by atoms with Crippen molar-refractivity contribution in [3.05, 3.63) is 64.7 Å². The number of hydrogen-bond acceptors (Lipinski definition) is 5. The molecule has 0 aliphatic carbocycles. The molecule has 4 rings (SSSR count). The summed E-state index contributed by atoms with van der Waals surface area (Å²) in [4.78, 5) is 26.3. The van der Waals surface area contributed by atoms with Crippen LogP contribution in [0.3, 0.4) is 0 Å². The molecule has 3 N–H and O–H groups in total. The summed E-state index contributed by atoms with van der Waals surface area (Å²) >= 11 is 0. The van der Waals surface area contributed by atoms with Gasteiger partial charge in [0.05, 0.1) is 25.1 Å². The molecule has 0 radical (unpaired) electrons. The Hall–Kier alpha value is -3.45. The third kappa shape index (κ3) is 3.20. The summed E-state index contributed by atoms with van der Waals surface area (Å²) < 4.78 is 5.80. The average Bonchev–Trinajstić information content (AvgIpc) is 3.17. The van der Waals surface area contributed by atoms with E-state index in [0.29, 0.717) is 29.4 Å². The van der Waals surface area contributed by atoms with Crippen LogP contribution in [0.1, 0.15) is 12.5 Å². The lowest BCUT2D eigenvalue weighted by molar-refractivity contribution is 0.282. The third-order valence-electron chi connectivity index (χ3n) is 4.30. The van der Waals surface area contributed by atoms with Crippen molar-refractivity contribution in [1.29, 1.82) is 0 Å². The topological polar surface area (TPSA) is 104 Å². The highest BCUT2D eigenvalue weighted by Gasteiger charge is 2.13. The predicted molar refractivity (Wildman–Crippen MR) is 102 cm³/mol. The second-order valence-electron chi connectivity index (χ2n) is 6.01. The highest BCUT2D eigenvalue weighted by molar-refractivity contribution is 5.76. The summed E-state index contributed by atoms with van der Waals surface area (Å²) in [5.74, 6) is 1.05. The van der Waals surface area contributed by atoms with Crippen LogP contribution >= 0.6 is 0 Å². The summed E-state index contributed by atoms with van der Waals surface area (Å²) in [7, 11) is 0. The highest BCUT2D eigenvalue weighted by Crippen LogP contribution is 2.33. The van der Waals surface area contributed by atoms with Crippen LogP contribution in [-0.2, 0) is 6.61 Å². The SMILES string of the molecule is CCOc1cc(-c2ccc(CO)cc2)ccc1-c1nc2[nH]cnc2c(=O)[nH]1. The lowest BCUT2D eigenvalue weighted by atomic mass is 10.0. The minimum atomic E-state index is -0.303. The van der Waals surface area contributed by atoms with Crippen molar-refractivity contribution in [2.75, 3.05) is 6.61 Å². The van der Waals surface area contributed by atoms with E-state index in [1.54, 1.807) is 0 Å². The fourth-order valence-electron chi connectivity index (χ4n) is 2.95. The molecular weight excluding hydrogens is 344 g/mol. The Morgan fingerprint density at radius 2 is 1.89 bits per heavy atom. The summed E-state index contributed by atoms with van der Waals surface area (Å²) in [5, 5.41) is 9.19. The van der Waals surface area contributed by atoms with Crippen molar-refractivity contribution >= 4 is 11.2 Å². The lowest BCUT2D eigenvalue weighted by Crippen LogP contribution is -2.10. The van der Waals surface area contributed by atoms with Gasteiger partial charge in [0.25, 0.3) is 5.56 Å². The molecule has 2 aromatic heterocycles. The smallest absolute Gasteiger partial charge is 0.279 e. The molecule has 27 heavy (non-hydrogen) atoms. The predicted octanol–water partition coefficient (Wildman–Crippen LogP) is 2.87. The summed E-state index contributed by atoms with van der Waals surface area (Å²) in [6.45, 7) is 2.40. The molecule has 0 aliphatic rings. The Kier molecular flexibility index (Phi) is 4.43. The van der Waals surface area contributed by atoms with Gasteiger partial charge in [-0.3, -0.25) is 4.79 Å². The van der Waals surface area contributed by atoms with Crippen LogP contribution in [0.4, 0.5) is 0 Å². The number of rotatable bonds is 5. The zero-order valence-electron chi connectivity index (χ0n) is 14.7. The van der Waals surface area contributed by atoms with Crippen molar-refractivity contribution in [3.63, 3.8) is 0 Å². The van der Waals surface area contributed by atoms with Gasteiger partial charge in [-0.2, -0.15) is 0 Å². The average molecular weight is 362 g/mol. The molecule has 0 aliphatic heterocycles. The van der Waals surface area contributed by atoms with Crippen molar-refractivity contribution < 1.29 is 9.84 Å². The molecule has 0 bridgehead atoms. The van der Waals surface area contributed by atoms with E-state index in [1.165, 1.54) is 6.33 Å². The van der Waals surface area contributed by atoms with Gasteiger partial charge < -0.3 is 19.8 Å². The van der Waals surface area contributed by atoms with E-state index in [0.717, 1.165) is 16.7 Å². The molecule has 136 valence electrons. The Balaban J connectivity index is 1.81. The first kappa shape index (κ1) is 17.0. The van der Waals surface area contributed by atoms with Gasteiger partial charge >= 0.3 is 0 Å². The number of nitrogens with zero attached hydrogens (tertiary/aromatic N) is 2. The number of aliphatic hydroxyl groups is 1. The number of ether oxygens (including phenoxy) is 1. The second kappa shape index (κ2) is 7.05. The number of H-pyrrole nitrogens is 2. The van der Waals surface area contributed by atoms with Crippen LogP contribution in [0.15, 0.2) is 53.6 Å². The Morgan fingerprint density at radius 3 is 2.63 bits per heavy atom. The van der Waals surface area contributed by atoms with Gasteiger partial charge in [0.2, 0.25) is 0 Å². The van der Waals surface area contributed by atoms with E-state index in [9.17, 15) is 9.90 Å². The Labute approximate surface area is 154 Å². The zero-order chi connectivity index (χ0) is 18.8. The van der Waals surface area contributed by atoms with Crippen LogP contribution in [0, 0.1) is 0 Å². The van der Waals surface area contributed by atoms with E-state index in [1.807, 2.05) is 49.4 Å². The molecule has 0 unspecified atom stereocenters. The standard InChI is InChI=1S/C20H18N4O3/c1-2-27-16-9-14(13-5-3-12(10-25)4-6-13)7-8-15(16)18-23-19-17(20(26)24-18)21-11-22-19/h3-9,11,25H,2,10H2,1H3,(H2,21,22,23,24,26). The summed E-state index contributed by atoms with van der Waals surface area (Å²) in [5.41, 5.74) is 3.93. The molecule has 7 heteroatoms. The second-order valence-corrected chi connectivity index (χ2v) is 6.01. The van der Waals surface area contributed by atoms with Crippen molar-refractivity contribution in [3.8, 4) is 28.3 Å². The Morgan fingerprint density at radius 1 is 1.11 bits per heavy atom. The number of benzene rings is 2. The fraction of sp³-hybridized carbons (Fsp3) is 0.150. The molecule has 0 amide bonds. The van der Waals surface area contributed by atoms with Gasteiger partial charge in [0.1, 0.15) is 11.6 Å². The van der Waals surface area contributed by atoms with Gasteiger partial charge in [-0.25, -0.2) is 9.97 Å². The van der Waals surface area contributed by atoms with Crippen LogP contribution < -0.4 is 10.3 Å². The van der Waals surface area contributed by atoms with E-state index < -0.39 is 0 Å². The van der Waals surface area contributed by atoms with Gasteiger partial charge in [0, 0.05) is 0 Å². The maximum Gasteiger partial charge on any atom is 0.279 e. The van der Waals surface area contributed by atoms with Crippen molar-refractivity contribution in [1.82, 2.24) is 19.9 Å². The maximum atomic E-state index is 12.2. The minimum Gasteiger partial charge on any atom is -0.493 e. The monoisotopic (exact) mass is 362 g/mol. The molecule has 0 saturated carbocycles.